The molecule has 2 aromatic carbocycles. The van der Waals surface area contributed by atoms with Gasteiger partial charge in [0.15, 0.2) is 0 Å². The lowest BCUT2D eigenvalue weighted by Crippen LogP contribution is -2.33. The minimum Gasteiger partial charge on any atom is -0.349 e. The van der Waals surface area contributed by atoms with Gasteiger partial charge in [-0.1, -0.05) is 42.5 Å². The highest BCUT2D eigenvalue weighted by Crippen LogP contribution is 2.32. The second-order valence-corrected chi connectivity index (χ2v) is 5.54. The van der Waals surface area contributed by atoms with Crippen LogP contribution in [0.5, 0.6) is 0 Å². The van der Waals surface area contributed by atoms with E-state index in [0.717, 1.165) is 11.1 Å². The summed E-state index contributed by atoms with van der Waals surface area (Å²) >= 11 is 0. The SMILES string of the molecule is C[C@@H](NC(=O)c1ccc(-c2ccccc2)cc1)C1CC1. The molecule has 0 heterocycles. The van der Waals surface area contributed by atoms with Gasteiger partial charge in [0.05, 0.1) is 0 Å². The summed E-state index contributed by atoms with van der Waals surface area (Å²) < 4.78 is 0. The van der Waals surface area contributed by atoms with Crippen LogP contribution in [0, 0.1) is 5.92 Å². The molecule has 1 atom stereocenters. The lowest BCUT2D eigenvalue weighted by molar-refractivity contribution is 0.0936. The summed E-state index contributed by atoms with van der Waals surface area (Å²) in [7, 11) is 0. The molecule has 1 N–H and O–H groups in total. The van der Waals surface area contributed by atoms with Crippen molar-refractivity contribution in [1.29, 1.82) is 0 Å². The Hall–Kier alpha value is -2.09. The Kier molecular flexibility index (Phi) is 3.55. The molecule has 0 aromatic heterocycles. The second kappa shape index (κ2) is 5.49. The number of benzene rings is 2. The molecular formula is C18H19NO. The monoisotopic (exact) mass is 265 g/mol. The number of nitrogens with one attached hydrogen (secondary N) is 1. The maximum Gasteiger partial charge on any atom is 0.251 e. The van der Waals surface area contributed by atoms with E-state index in [1.807, 2.05) is 42.5 Å². The number of hydrogen-bond acceptors (Lipinski definition) is 1. The highest BCUT2D eigenvalue weighted by molar-refractivity contribution is 5.94. The van der Waals surface area contributed by atoms with Crippen molar-refractivity contribution in [3.8, 4) is 11.1 Å². The summed E-state index contributed by atoms with van der Waals surface area (Å²) in [5, 5.41) is 3.08. The molecule has 0 bridgehead atoms. The Labute approximate surface area is 119 Å². The first-order valence-corrected chi connectivity index (χ1v) is 7.20. The zero-order valence-corrected chi connectivity index (χ0v) is 11.7. The molecule has 1 aliphatic carbocycles. The molecule has 2 nitrogen and oxygen atoms in total. The molecular weight excluding hydrogens is 246 g/mol. The van der Waals surface area contributed by atoms with Crippen LogP contribution >= 0.6 is 0 Å². The number of rotatable bonds is 4. The Morgan fingerprint density at radius 2 is 1.60 bits per heavy atom. The van der Waals surface area contributed by atoms with Crippen LogP contribution in [0.15, 0.2) is 54.6 Å². The summed E-state index contributed by atoms with van der Waals surface area (Å²) in [6, 6.07) is 18.3. The van der Waals surface area contributed by atoms with Gasteiger partial charge in [0.1, 0.15) is 0 Å². The first-order valence-electron chi connectivity index (χ1n) is 7.20. The lowest BCUT2D eigenvalue weighted by Gasteiger charge is -2.13. The fraction of sp³-hybridized carbons (Fsp3) is 0.278. The van der Waals surface area contributed by atoms with Gasteiger partial charge in [-0.15, -0.1) is 0 Å². The van der Waals surface area contributed by atoms with Gasteiger partial charge in [-0.3, -0.25) is 4.79 Å². The van der Waals surface area contributed by atoms with Gasteiger partial charge in [-0.05, 0) is 48.9 Å². The first-order chi connectivity index (χ1) is 9.74. The molecule has 1 amide bonds. The number of carbonyl (C=O) groups excluding carboxylic acids is 1. The van der Waals surface area contributed by atoms with E-state index in [9.17, 15) is 4.79 Å². The molecule has 0 unspecified atom stereocenters. The number of hydrogen-bond donors (Lipinski definition) is 1. The lowest BCUT2D eigenvalue weighted by atomic mass is 10.0. The smallest absolute Gasteiger partial charge is 0.251 e. The average Bonchev–Trinajstić information content (AvgIpc) is 3.33. The minimum atomic E-state index is 0.0315. The van der Waals surface area contributed by atoms with E-state index in [2.05, 4.69) is 24.4 Å². The molecule has 0 aliphatic heterocycles. The quantitative estimate of drug-likeness (QED) is 0.893. The van der Waals surface area contributed by atoms with Crippen molar-refractivity contribution in [2.75, 3.05) is 0 Å². The number of carbonyl (C=O) groups is 1. The zero-order valence-electron chi connectivity index (χ0n) is 11.7. The van der Waals surface area contributed by atoms with Crippen LogP contribution in [0.1, 0.15) is 30.1 Å². The van der Waals surface area contributed by atoms with E-state index in [1.54, 1.807) is 0 Å². The van der Waals surface area contributed by atoms with Crippen molar-refractivity contribution >= 4 is 5.91 Å². The van der Waals surface area contributed by atoms with Crippen LogP contribution in [0.2, 0.25) is 0 Å². The fourth-order valence-corrected chi connectivity index (χ4v) is 2.45. The maximum atomic E-state index is 12.1. The summed E-state index contributed by atoms with van der Waals surface area (Å²) in [6.45, 7) is 2.09. The van der Waals surface area contributed by atoms with Gasteiger partial charge in [0.25, 0.3) is 5.91 Å². The highest BCUT2D eigenvalue weighted by atomic mass is 16.1. The Morgan fingerprint density at radius 1 is 1.00 bits per heavy atom. The van der Waals surface area contributed by atoms with Gasteiger partial charge in [0.2, 0.25) is 0 Å². The molecule has 1 fully saturated rings. The average molecular weight is 265 g/mol. The van der Waals surface area contributed by atoms with Crippen LogP contribution in [0.3, 0.4) is 0 Å². The van der Waals surface area contributed by atoms with Crippen molar-refractivity contribution in [2.24, 2.45) is 5.92 Å². The van der Waals surface area contributed by atoms with Crippen LogP contribution in [0.4, 0.5) is 0 Å². The van der Waals surface area contributed by atoms with Gasteiger partial charge >= 0.3 is 0 Å². The van der Waals surface area contributed by atoms with Crippen LogP contribution in [-0.2, 0) is 0 Å². The normalized spacial score (nSPS) is 15.7. The maximum absolute atomic E-state index is 12.1. The molecule has 2 heteroatoms. The van der Waals surface area contributed by atoms with Crippen LogP contribution in [0.25, 0.3) is 11.1 Å². The summed E-state index contributed by atoms with van der Waals surface area (Å²) in [4.78, 5) is 12.1. The molecule has 102 valence electrons. The van der Waals surface area contributed by atoms with Crippen LogP contribution in [-0.4, -0.2) is 11.9 Å². The zero-order chi connectivity index (χ0) is 13.9. The number of amides is 1. The summed E-state index contributed by atoms with van der Waals surface area (Å²) in [5.74, 6) is 0.714. The third-order valence-electron chi connectivity index (χ3n) is 3.94. The molecule has 0 spiro atoms. The minimum absolute atomic E-state index is 0.0315. The van der Waals surface area contributed by atoms with E-state index < -0.39 is 0 Å². The van der Waals surface area contributed by atoms with Gasteiger partial charge in [-0.25, -0.2) is 0 Å². The molecule has 1 aliphatic rings. The molecule has 3 rings (SSSR count). The topological polar surface area (TPSA) is 29.1 Å². The largest absolute Gasteiger partial charge is 0.349 e. The highest BCUT2D eigenvalue weighted by Gasteiger charge is 2.28. The van der Waals surface area contributed by atoms with Gasteiger partial charge in [-0.2, -0.15) is 0 Å². The Balaban J connectivity index is 1.71. The van der Waals surface area contributed by atoms with Crippen LogP contribution < -0.4 is 5.32 Å². The van der Waals surface area contributed by atoms with E-state index in [4.69, 9.17) is 0 Å². The second-order valence-electron chi connectivity index (χ2n) is 5.54. The molecule has 0 saturated heterocycles. The van der Waals surface area contributed by atoms with E-state index >= 15 is 0 Å². The Morgan fingerprint density at radius 3 is 2.20 bits per heavy atom. The molecule has 1 saturated carbocycles. The third kappa shape index (κ3) is 2.90. The predicted molar refractivity (Wildman–Crippen MR) is 81.5 cm³/mol. The first kappa shape index (κ1) is 12.9. The molecule has 20 heavy (non-hydrogen) atoms. The van der Waals surface area contributed by atoms with E-state index in [0.29, 0.717) is 5.92 Å². The predicted octanol–water partition coefficient (Wildman–Crippen LogP) is 3.88. The van der Waals surface area contributed by atoms with Gasteiger partial charge in [0, 0.05) is 11.6 Å². The summed E-state index contributed by atoms with van der Waals surface area (Å²) in [5.41, 5.74) is 3.04. The van der Waals surface area contributed by atoms with Crippen molar-refractivity contribution in [3.05, 3.63) is 60.2 Å². The standard InChI is InChI=1S/C18H19NO/c1-13(14-7-8-14)19-18(20)17-11-9-16(10-12-17)15-5-3-2-4-6-15/h2-6,9-14H,7-8H2,1H3,(H,19,20)/t13-/m1/s1. The van der Waals surface area contributed by atoms with Crippen molar-refractivity contribution in [2.45, 2.75) is 25.8 Å². The Bertz CT molecular complexity index is 585. The molecule has 2 aromatic rings. The van der Waals surface area contributed by atoms with Crippen molar-refractivity contribution in [3.63, 3.8) is 0 Å². The van der Waals surface area contributed by atoms with E-state index in [1.165, 1.54) is 18.4 Å². The van der Waals surface area contributed by atoms with Crippen molar-refractivity contribution in [1.82, 2.24) is 5.32 Å². The third-order valence-corrected chi connectivity index (χ3v) is 3.94. The van der Waals surface area contributed by atoms with E-state index in [-0.39, 0.29) is 11.9 Å². The fourth-order valence-electron chi connectivity index (χ4n) is 2.45. The van der Waals surface area contributed by atoms with Gasteiger partial charge < -0.3 is 5.32 Å². The van der Waals surface area contributed by atoms with Crippen molar-refractivity contribution < 1.29 is 4.79 Å². The molecule has 0 radical (unpaired) electrons. The summed E-state index contributed by atoms with van der Waals surface area (Å²) in [6.07, 6.45) is 2.49.